The third kappa shape index (κ3) is 5.43. The summed E-state index contributed by atoms with van der Waals surface area (Å²) < 4.78 is 6.18. The number of amides is 1. The van der Waals surface area contributed by atoms with E-state index in [0.29, 0.717) is 25.0 Å². The SMILES string of the molecule is CC(C)C(C1CCNCC1)N(C[C@H](N)c1ccccc1)C(=O)OCC1c2ccccc2-c2ccccc21. The van der Waals surface area contributed by atoms with Gasteiger partial charge in [-0.1, -0.05) is 92.7 Å². The first-order valence-corrected chi connectivity index (χ1v) is 13.7. The molecule has 1 unspecified atom stereocenters. The fourth-order valence-electron chi connectivity index (χ4n) is 6.36. The van der Waals surface area contributed by atoms with Gasteiger partial charge in [0.15, 0.2) is 0 Å². The quantitative estimate of drug-likeness (QED) is 0.403. The molecule has 0 radical (unpaired) electrons. The Kier molecular flexibility index (Phi) is 7.92. The Hall–Kier alpha value is -3.15. The molecule has 3 aromatic rings. The molecule has 0 spiro atoms. The monoisotopic (exact) mass is 497 g/mol. The molecule has 5 heteroatoms. The smallest absolute Gasteiger partial charge is 0.410 e. The van der Waals surface area contributed by atoms with Gasteiger partial charge in [0.1, 0.15) is 6.61 Å². The number of nitrogens with zero attached hydrogens (tertiary/aromatic N) is 1. The van der Waals surface area contributed by atoms with Crippen LogP contribution in [-0.2, 0) is 4.74 Å². The highest BCUT2D eigenvalue weighted by Gasteiger charge is 2.37. The molecule has 3 N–H and O–H groups in total. The molecule has 194 valence electrons. The first-order valence-electron chi connectivity index (χ1n) is 13.7. The van der Waals surface area contributed by atoms with Gasteiger partial charge in [-0.25, -0.2) is 4.79 Å². The van der Waals surface area contributed by atoms with Crippen molar-refractivity contribution in [3.63, 3.8) is 0 Å². The van der Waals surface area contributed by atoms with Gasteiger partial charge in [0.25, 0.3) is 0 Å². The summed E-state index contributed by atoms with van der Waals surface area (Å²) in [4.78, 5) is 15.9. The molecular weight excluding hydrogens is 458 g/mol. The Morgan fingerprint density at radius 2 is 1.49 bits per heavy atom. The van der Waals surface area contributed by atoms with Crippen LogP contribution in [0.2, 0.25) is 0 Å². The van der Waals surface area contributed by atoms with Gasteiger partial charge in [-0.3, -0.25) is 0 Å². The van der Waals surface area contributed by atoms with Crippen LogP contribution in [0.5, 0.6) is 0 Å². The summed E-state index contributed by atoms with van der Waals surface area (Å²) in [5.41, 5.74) is 12.6. The molecular formula is C32H39N3O2. The molecule has 37 heavy (non-hydrogen) atoms. The predicted molar refractivity (Wildman–Crippen MR) is 149 cm³/mol. The third-order valence-corrected chi connectivity index (χ3v) is 8.10. The fourth-order valence-corrected chi connectivity index (χ4v) is 6.36. The number of ether oxygens (including phenoxy) is 1. The minimum Gasteiger partial charge on any atom is -0.448 e. The summed E-state index contributed by atoms with van der Waals surface area (Å²) in [7, 11) is 0. The van der Waals surface area contributed by atoms with Crippen molar-refractivity contribution < 1.29 is 9.53 Å². The Labute approximate surface area is 221 Å². The molecule has 0 aromatic heterocycles. The number of nitrogens with one attached hydrogen (secondary N) is 1. The topological polar surface area (TPSA) is 67.6 Å². The van der Waals surface area contributed by atoms with Crippen LogP contribution in [-0.4, -0.2) is 43.3 Å². The maximum Gasteiger partial charge on any atom is 0.410 e. The third-order valence-electron chi connectivity index (χ3n) is 8.10. The summed E-state index contributed by atoms with van der Waals surface area (Å²) in [6.45, 7) is 7.15. The summed E-state index contributed by atoms with van der Waals surface area (Å²) in [6, 6.07) is 26.8. The van der Waals surface area contributed by atoms with E-state index in [1.54, 1.807) is 0 Å². The largest absolute Gasteiger partial charge is 0.448 e. The van der Waals surface area contributed by atoms with Gasteiger partial charge in [0, 0.05) is 24.5 Å². The van der Waals surface area contributed by atoms with Gasteiger partial charge in [0.05, 0.1) is 0 Å². The normalized spacial score (nSPS) is 17.2. The zero-order valence-corrected chi connectivity index (χ0v) is 22.0. The molecule has 1 aliphatic carbocycles. The number of rotatable bonds is 8. The highest BCUT2D eigenvalue weighted by atomic mass is 16.6. The number of hydrogen-bond donors (Lipinski definition) is 2. The van der Waals surface area contributed by atoms with Crippen molar-refractivity contribution >= 4 is 6.09 Å². The Morgan fingerprint density at radius 1 is 0.919 bits per heavy atom. The van der Waals surface area contributed by atoms with E-state index in [2.05, 4.69) is 67.7 Å². The fraction of sp³-hybridized carbons (Fsp3) is 0.406. The second kappa shape index (κ2) is 11.5. The maximum absolute atomic E-state index is 13.9. The molecule has 0 bridgehead atoms. The molecule has 5 rings (SSSR count). The lowest BCUT2D eigenvalue weighted by Gasteiger charge is -2.42. The van der Waals surface area contributed by atoms with Crippen molar-refractivity contribution in [1.82, 2.24) is 10.2 Å². The van der Waals surface area contributed by atoms with Crippen molar-refractivity contribution in [2.24, 2.45) is 17.6 Å². The van der Waals surface area contributed by atoms with Gasteiger partial charge in [-0.2, -0.15) is 0 Å². The van der Waals surface area contributed by atoms with Crippen LogP contribution in [0, 0.1) is 11.8 Å². The molecule has 5 nitrogen and oxygen atoms in total. The Balaban J connectivity index is 1.39. The summed E-state index contributed by atoms with van der Waals surface area (Å²) in [5, 5.41) is 3.46. The van der Waals surface area contributed by atoms with Crippen LogP contribution in [0.15, 0.2) is 78.9 Å². The molecule has 2 atom stereocenters. The molecule has 0 saturated carbocycles. The van der Waals surface area contributed by atoms with E-state index in [4.69, 9.17) is 10.5 Å². The Morgan fingerprint density at radius 3 is 2.08 bits per heavy atom. The number of carbonyl (C=O) groups is 1. The highest BCUT2D eigenvalue weighted by molar-refractivity contribution is 5.79. The van der Waals surface area contributed by atoms with E-state index in [1.807, 2.05) is 35.2 Å². The van der Waals surface area contributed by atoms with E-state index in [-0.39, 0.29) is 24.1 Å². The van der Waals surface area contributed by atoms with Crippen molar-refractivity contribution in [3.8, 4) is 11.1 Å². The van der Waals surface area contributed by atoms with E-state index < -0.39 is 0 Å². The summed E-state index contributed by atoms with van der Waals surface area (Å²) >= 11 is 0. The van der Waals surface area contributed by atoms with Crippen LogP contribution in [0.4, 0.5) is 4.79 Å². The van der Waals surface area contributed by atoms with Gasteiger partial charge in [-0.05, 0) is 65.6 Å². The number of nitrogens with two attached hydrogens (primary N) is 1. The van der Waals surface area contributed by atoms with Crippen molar-refractivity contribution in [3.05, 3.63) is 95.6 Å². The molecule has 1 aliphatic heterocycles. The molecule has 1 fully saturated rings. The number of hydrogen-bond acceptors (Lipinski definition) is 4. The molecule has 3 aromatic carbocycles. The van der Waals surface area contributed by atoms with Crippen LogP contribution in [0.25, 0.3) is 11.1 Å². The zero-order chi connectivity index (χ0) is 25.8. The highest BCUT2D eigenvalue weighted by Crippen LogP contribution is 2.44. The zero-order valence-electron chi connectivity index (χ0n) is 22.0. The number of piperidine rings is 1. The van der Waals surface area contributed by atoms with Gasteiger partial charge in [-0.15, -0.1) is 0 Å². The average molecular weight is 498 g/mol. The minimum atomic E-state index is -0.273. The second-order valence-corrected chi connectivity index (χ2v) is 10.8. The second-order valence-electron chi connectivity index (χ2n) is 10.8. The average Bonchev–Trinajstić information content (AvgIpc) is 3.26. The predicted octanol–water partition coefficient (Wildman–Crippen LogP) is 5.96. The van der Waals surface area contributed by atoms with Crippen LogP contribution in [0.1, 0.15) is 55.3 Å². The van der Waals surface area contributed by atoms with Crippen LogP contribution >= 0.6 is 0 Å². The lowest BCUT2D eigenvalue weighted by atomic mass is 9.82. The molecule has 1 saturated heterocycles. The molecule has 1 amide bonds. The number of carbonyl (C=O) groups excluding carboxylic acids is 1. The summed E-state index contributed by atoms with van der Waals surface area (Å²) in [6.07, 6.45) is 1.85. The van der Waals surface area contributed by atoms with E-state index >= 15 is 0 Å². The number of benzene rings is 3. The molecule has 1 heterocycles. The van der Waals surface area contributed by atoms with Crippen molar-refractivity contribution in [2.75, 3.05) is 26.2 Å². The van der Waals surface area contributed by atoms with Gasteiger partial charge in [0.2, 0.25) is 0 Å². The maximum atomic E-state index is 13.9. The summed E-state index contributed by atoms with van der Waals surface area (Å²) in [5.74, 6) is 0.758. The van der Waals surface area contributed by atoms with Crippen molar-refractivity contribution in [2.45, 2.75) is 44.7 Å². The molecule has 2 aliphatic rings. The van der Waals surface area contributed by atoms with Gasteiger partial charge < -0.3 is 20.7 Å². The number of fused-ring (bicyclic) bond motifs is 3. The first-order chi connectivity index (χ1) is 18.0. The van der Waals surface area contributed by atoms with Crippen molar-refractivity contribution in [1.29, 1.82) is 0 Å². The Bertz CT molecular complexity index is 1140. The lowest BCUT2D eigenvalue weighted by Crippen LogP contribution is -2.52. The lowest BCUT2D eigenvalue weighted by molar-refractivity contribution is 0.0458. The first kappa shape index (κ1) is 25.5. The minimum absolute atomic E-state index is 0.0392. The van der Waals surface area contributed by atoms with Crippen LogP contribution in [0.3, 0.4) is 0 Å². The van der Waals surface area contributed by atoms with E-state index in [1.165, 1.54) is 22.3 Å². The van der Waals surface area contributed by atoms with Gasteiger partial charge >= 0.3 is 6.09 Å². The van der Waals surface area contributed by atoms with Crippen LogP contribution < -0.4 is 11.1 Å². The van der Waals surface area contributed by atoms with E-state index in [9.17, 15) is 4.79 Å². The van der Waals surface area contributed by atoms with E-state index in [0.717, 1.165) is 31.5 Å². The standard InChI is InChI=1S/C32H39N3O2/c1-22(2)31(24-16-18-34-19-17-24)35(20-30(33)23-10-4-3-5-11-23)32(36)37-21-29-27-14-8-6-12-25(27)26-13-7-9-15-28(26)29/h3-15,22,24,29-31,34H,16-21,33H2,1-2H3/t30-,31?/m0/s1.